The van der Waals surface area contributed by atoms with Gasteiger partial charge in [-0.15, -0.1) is 0 Å². The van der Waals surface area contributed by atoms with Crippen LogP contribution in [0.2, 0.25) is 0 Å². The molecule has 0 spiro atoms. The molecule has 1 heterocycles. The summed E-state index contributed by atoms with van der Waals surface area (Å²) < 4.78 is 15.7. The lowest BCUT2D eigenvalue weighted by molar-refractivity contribution is -0.146. The Morgan fingerprint density at radius 2 is 2.17 bits per heavy atom. The highest BCUT2D eigenvalue weighted by molar-refractivity contribution is 6.08. The second kappa shape index (κ2) is 7.26. The van der Waals surface area contributed by atoms with Crippen molar-refractivity contribution < 1.29 is 19.0 Å². The van der Waals surface area contributed by atoms with Crippen LogP contribution in [0.25, 0.3) is 0 Å². The summed E-state index contributed by atoms with van der Waals surface area (Å²) in [5.74, 6) is 0.623. The van der Waals surface area contributed by atoms with E-state index >= 15 is 0 Å². The summed E-state index contributed by atoms with van der Waals surface area (Å²) in [6.45, 7) is 0.786. The monoisotopic (exact) mass is 272 g/mol. The molecule has 2 aliphatic rings. The van der Waals surface area contributed by atoms with Crippen LogP contribution in [0.4, 0.5) is 0 Å². The molecular weight excluding hydrogens is 248 g/mol. The number of hydrogen-bond acceptors (Lipinski definition) is 4. The van der Waals surface area contributed by atoms with Crippen LogP contribution >= 0.6 is 0 Å². The zero-order chi connectivity index (χ0) is 12.8. The molecule has 1 saturated carbocycles. The van der Waals surface area contributed by atoms with Gasteiger partial charge < -0.3 is 14.2 Å². The van der Waals surface area contributed by atoms with E-state index in [-0.39, 0.29) is 12.6 Å². The quantitative estimate of drug-likeness (QED) is 0.281. The molecule has 2 rings (SSSR count). The molecule has 3 unspecified atom stereocenters. The van der Waals surface area contributed by atoms with E-state index in [1.807, 2.05) is 0 Å². The van der Waals surface area contributed by atoms with Crippen LogP contribution in [0.1, 0.15) is 38.5 Å². The summed E-state index contributed by atoms with van der Waals surface area (Å²) in [7, 11) is 0.894. The van der Waals surface area contributed by atoms with Crippen molar-refractivity contribution >= 4 is 16.2 Å². The van der Waals surface area contributed by atoms with Crippen molar-refractivity contribution in [1.82, 2.24) is 0 Å². The first-order valence-electron chi connectivity index (χ1n) is 7.18. The number of hydrogen-bond donors (Lipinski definition) is 0. The van der Waals surface area contributed by atoms with Crippen LogP contribution in [0.15, 0.2) is 0 Å². The van der Waals surface area contributed by atoms with Gasteiger partial charge in [0, 0.05) is 6.61 Å². The minimum absolute atomic E-state index is 0.114. The molecule has 1 aliphatic carbocycles. The van der Waals surface area contributed by atoms with Crippen molar-refractivity contribution in [2.45, 2.75) is 50.7 Å². The maximum atomic E-state index is 11.0. The summed E-state index contributed by atoms with van der Waals surface area (Å²) in [5, 5.41) is 0. The topological polar surface area (TPSA) is 48.1 Å². The van der Waals surface area contributed by atoms with Crippen molar-refractivity contribution in [1.29, 1.82) is 0 Å². The molecule has 5 heteroatoms. The van der Waals surface area contributed by atoms with Gasteiger partial charge in [0.15, 0.2) is 0 Å². The van der Waals surface area contributed by atoms with Crippen LogP contribution in [0.5, 0.6) is 0 Å². The van der Waals surface area contributed by atoms with E-state index in [0.717, 1.165) is 22.6 Å². The fourth-order valence-electron chi connectivity index (χ4n) is 2.74. The van der Waals surface area contributed by atoms with Gasteiger partial charge in [0.1, 0.15) is 6.61 Å². The van der Waals surface area contributed by atoms with Crippen LogP contribution in [-0.4, -0.2) is 47.9 Å². The molecule has 1 saturated heterocycles. The number of fused-ring (bicyclic) bond motifs is 1. The lowest BCUT2D eigenvalue weighted by atomic mass is 9.86. The van der Waals surface area contributed by atoms with Gasteiger partial charge in [-0.2, -0.15) is 0 Å². The van der Waals surface area contributed by atoms with Gasteiger partial charge in [-0.1, -0.05) is 12.8 Å². The highest BCUT2D eigenvalue weighted by Gasteiger charge is 2.43. The predicted octanol–water partition coefficient (Wildman–Crippen LogP) is 0.607. The molecule has 0 aromatic heterocycles. The summed E-state index contributed by atoms with van der Waals surface area (Å²) in [5.41, 5.74) is 0. The smallest absolute Gasteiger partial charge is 0.331 e. The van der Waals surface area contributed by atoms with E-state index in [4.69, 9.17) is 14.2 Å². The van der Waals surface area contributed by atoms with Crippen molar-refractivity contribution in [3.63, 3.8) is 0 Å². The third-order valence-electron chi connectivity index (χ3n) is 3.79. The normalized spacial score (nSPS) is 29.9. The molecule has 0 amide bonds. The Kier molecular flexibility index (Phi) is 5.66. The third kappa shape index (κ3) is 4.70. The van der Waals surface area contributed by atoms with Crippen LogP contribution in [0.3, 0.4) is 0 Å². The lowest BCUT2D eigenvalue weighted by Crippen LogP contribution is -2.15. The maximum absolute atomic E-state index is 11.0. The Labute approximate surface area is 112 Å². The second-order valence-corrected chi connectivity index (χ2v) is 5.82. The number of unbranched alkanes of at least 4 members (excludes halogenated alkanes) is 1. The summed E-state index contributed by atoms with van der Waals surface area (Å²) in [6.07, 6.45) is 9.13. The Morgan fingerprint density at radius 1 is 1.28 bits per heavy atom. The van der Waals surface area contributed by atoms with Crippen molar-refractivity contribution in [2.75, 3.05) is 19.4 Å². The first-order valence-corrected chi connectivity index (χ1v) is 8.60. The van der Waals surface area contributed by atoms with Crippen molar-refractivity contribution in [3.8, 4) is 0 Å². The fourth-order valence-corrected chi connectivity index (χ4v) is 3.07. The van der Waals surface area contributed by atoms with E-state index < -0.39 is 0 Å². The minimum atomic E-state index is -0.228. The molecule has 0 N–H and O–H groups in total. The fraction of sp³-hybridized carbons (Fsp3) is 0.923. The first-order chi connectivity index (χ1) is 8.79. The molecule has 1 aliphatic heterocycles. The molecule has 3 atom stereocenters. The molecule has 18 heavy (non-hydrogen) atoms. The van der Waals surface area contributed by atoms with Crippen LogP contribution in [-0.2, 0) is 19.0 Å². The number of carbonyl (C=O) groups excluding carboxylic acids is 1. The Hall–Kier alpha value is -0.393. The number of epoxide rings is 1. The molecule has 0 aromatic rings. The Morgan fingerprint density at radius 3 is 2.94 bits per heavy atom. The number of ether oxygens (including phenoxy) is 3. The van der Waals surface area contributed by atoms with E-state index in [0.29, 0.717) is 25.0 Å². The highest BCUT2D eigenvalue weighted by Crippen LogP contribution is 2.40. The minimum Gasteiger partial charge on any atom is -0.469 e. The SMILES string of the molecule is O=C(COCCCCC1CCC2OC2C1)OC[SiH3]. The molecule has 4 nitrogen and oxygen atoms in total. The lowest BCUT2D eigenvalue weighted by Gasteiger charge is -2.18. The van der Waals surface area contributed by atoms with Gasteiger partial charge in [-0.25, -0.2) is 4.79 Å². The highest BCUT2D eigenvalue weighted by atomic mass is 28.1. The van der Waals surface area contributed by atoms with Crippen LogP contribution in [0, 0.1) is 5.92 Å². The van der Waals surface area contributed by atoms with Gasteiger partial charge in [0.2, 0.25) is 0 Å². The molecule has 104 valence electrons. The van der Waals surface area contributed by atoms with E-state index in [9.17, 15) is 4.79 Å². The zero-order valence-corrected chi connectivity index (χ0v) is 13.2. The average Bonchev–Trinajstić information content (AvgIpc) is 3.12. The zero-order valence-electron chi connectivity index (χ0n) is 11.2. The van der Waals surface area contributed by atoms with Crippen LogP contribution < -0.4 is 0 Å². The summed E-state index contributed by atoms with van der Waals surface area (Å²) >= 11 is 0. The van der Waals surface area contributed by atoms with Gasteiger partial charge in [0.25, 0.3) is 0 Å². The molecule has 0 bridgehead atoms. The predicted molar refractivity (Wildman–Crippen MR) is 71.6 cm³/mol. The van der Waals surface area contributed by atoms with Gasteiger partial charge in [0.05, 0.1) is 28.7 Å². The third-order valence-corrected chi connectivity index (χ3v) is 4.08. The number of rotatable bonds is 8. The Bertz CT molecular complexity index is 272. The van der Waals surface area contributed by atoms with Crippen molar-refractivity contribution in [2.24, 2.45) is 5.92 Å². The standard InChI is InChI=1S/C13H24O4Si/c14-13(16-9-18)8-15-6-2-1-3-10-4-5-11-12(7-10)17-11/h10-12H,1-9H2,18H3. The van der Waals surface area contributed by atoms with E-state index in [1.165, 1.54) is 32.1 Å². The second-order valence-electron chi connectivity index (χ2n) is 5.25. The largest absolute Gasteiger partial charge is 0.469 e. The molecule has 2 fully saturated rings. The molecule has 0 aromatic carbocycles. The molecular formula is C13H24O4Si. The van der Waals surface area contributed by atoms with Gasteiger partial charge >= 0.3 is 5.97 Å². The maximum Gasteiger partial charge on any atom is 0.331 e. The summed E-state index contributed by atoms with van der Waals surface area (Å²) in [4.78, 5) is 11.0. The Balaban J connectivity index is 1.40. The average molecular weight is 272 g/mol. The van der Waals surface area contributed by atoms with Gasteiger partial charge in [-0.3, -0.25) is 0 Å². The number of esters is 1. The van der Waals surface area contributed by atoms with Gasteiger partial charge in [-0.05, 0) is 31.6 Å². The van der Waals surface area contributed by atoms with E-state index in [2.05, 4.69) is 0 Å². The molecule has 0 radical (unpaired) electrons. The summed E-state index contributed by atoms with van der Waals surface area (Å²) in [6, 6.07) is 0. The first kappa shape index (κ1) is 14.0. The van der Waals surface area contributed by atoms with E-state index in [1.54, 1.807) is 0 Å². The van der Waals surface area contributed by atoms with Crippen molar-refractivity contribution in [3.05, 3.63) is 0 Å². The number of carbonyl (C=O) groups is 1.